The van der Waals surface area contributed by atoms with E-state index in [0.717, 1.165) is 27.7 Å². The number of halogens is 2. The molecule has 2 fully saturated rings. The van der Waals surface area contributed by atoms with Crippen molar-refractivity contribution in [2.24, 2.45) is 23.9 Å². The Morgan fingerprint density at radius 1 is 0.923 bits per heavy atom. The summed E-state index contributed by atoms with van der Waals surface area (Å²) in [6.45, 7) is 0. The summed E-state index contributed by atoms with van der Waals surface area (Å²) in [5.41, 5.74) is 4.54. The number of thiophene rings is 2. The second-order valence-electron chi connectivity index (χ2n) is 10.2. The molecule has 0 N–H and O–H groups in total. The number of fused-ring (bicyclic) bond motifs is 7. The maximum atomic E-state index is 14.0. The maximum absolute atomic E-state index is 14.0. The monoisotopic (exact) mass is 576 g/mol. The van der Waals surface area contributed by atoms with Crippen LogP contribution in [0.4, 0.5) is 14.5 Å². The van der Waals surface area contributed by atoms with Gasteiger partial charge in [0.2, 0.25) is 0 Å². The first kappa shape index (κ1) is 23.5. The van der Waals surface area contributed by atoms with E-state index in [4.69, 9.17) is 0 Å². The Morgan fingerprint density at radius 2 is 1.64 bits per heavy atom. The molecular weight excluding hydrogens is 559 g/mol. The molecule has 4 aromatic heterocycles. The minimum atomic E-state index is -1.73. The third kappa shape index (κ3) is 3.23. The topological polar surface area (TPSA) is 77.2 Å². The summed E-state index contributed by atoms with van der Waals surface area (Å²) in [5, 5.41) is 1.25. The number of nitrogens with zero attached hydrogens (tertiary/aromatic N) is 4. The van der Waals surface area contributed by atoms with E-state index in [1.807, 2.05) is 6.07 Å². The van der Waals surface area contributed by atoms with Crippen LogP contribution in [0.15, 0.2) is 47.5 Å². The Labute approximate surface area is 231 Å². The number of hydrogen-bond donors (Lipinski definition) is 0. The van der Waals surface area contributed by atoms with Crippen LogP contribution in [0.1, 0.15) is 12.8 Å². The average molecular weight is 577 g/mol. The maximum Gasteiger partial charge on any atom is 0.188 e. The highest BCUT2D eigenvalue weighted by Crippen LogP contribution is 2.47. The van der Waals surface area contributed by atoms with Gasteiger partial charge in [-0.15, -0.1) is 22.7 Å². The van der Waals surface area contributed by atoms with E-state index in [1.54, 1.807) is 28.7 Å². The fourth-order valence-electron chi connectivity index (χ4n) is 6.10. The van der Waals surface area contributed by atoms with Gasteiger partial charge in [0, 0.05) is 39.4 Å². The Kier molecular flexibility index (Phi) is 4.99. The van der Waals surface area contributed by atoms with Crippen LogP contribution in [0.5, 0.6) is 0 Å². The number of carbonyl (C=O) groups is 2. The van der Waals surface area contributed by atoms with Gasteiger partial charge in [0.25, 0.3) is 0 Å². The minimum absolute atomic E-state index is 0.234. The van der Waals surface area contributed by atoms with Gasteiger partial charge in [-0.3, -0.25) is 9.59 Å². The van der Waals surface area contributed by atoms with Crippen LogP contribution in [0.3, 0.4) is 0 Å². The predicted octanol–water partition coefficient (Wildman–Crippen LogP) is 7.21. The molecule has 2 aliphatic carbocycles. The van der Waals surface area contributed by atoms with Crippen LogP contribution < -0.4 is 0 Å². The second kappa shape index (κ2) is 8.30. The van der Waals surface area contributed by atoms with Crippen molar-refractivity contribution in [2.45, 2.75) is 25.2 Å². The number of alkyl halides is 2. The van der Waals surface area contributed by atoms with Crippen LogP contribution in [0, 0.1) is 11.8 Å². The Balaban J connectivity index is 1.23. The number of aliphatic imine (C=N–C) groups is 1. The lowest BCUT2D eigenvalue weighted by Gasteiger charge is -2.27. The molecule has 39 heavy (non-hydrogen) atoms. The van der Waals surface area contributed by atoms with Crippen LogP contribution >= 0.6 is 34.4 Å². The van der Waals surface area contributed by atoms with E-state index in [9.17, 15) is 18.4 Å². The van der Waals surface area contributed by atoms with Crippen molar-refractivity contribution < 1.29 is 18.4 Å². The summed E-state index contributed by atoms with van der Waals surface area (Å²) in [5.74, 6) is -2.69. The summed E-state index contributed by atoms with van der Waals surface area (Å²) >= 11 is 4.53. The van der Waals surface area contributed by atoms with Gasteiger partial charge < -0.3 is 4.57 Å². The van der Waals surface area contributed by atoms with Gasteiger partial charge in [-0.05, 0) is 37.1 Å². The van der Waals surface area contributed by atoms with E-state index < -0.39 is 35.7 Å². The third-order valence-corrected chi connectivity index (χ3v) is 11.1. The molecule has 8 rings (SSSR count). The van der Waals surface area contributed by atoms with E-state index in [1.165, 1.54) is 25.0 Å². The number of Topliss-reactive ketones (excluding diaryl/α,β-unsaturated/α-hetero) is 2. The molecule has 0 bridgehead atoms. The average Bonchev–Trinajstić information content (AvgIpc) is 3.73. The zero-order valence-corrected chi connectivity index (χ0v) is 22.8. The first-order valence-electron chi connectivity index (χ1n) is 12.5. The number of aromatic nitrogens is 3. The van der Waals surface area contributed by atoms with Gasteiger partial charge in [0.05, 0.1) is 37.8 Å². The lowest BCUT2D eigenvalue weighted by molar-refractivity contribution is -0.123. The van der Waals surface area contributed by atoms with Crippen molar-refractivity contribution in [3.8, 4) is 10.4 Å². The van der Waals surface area contributed by atoms with Crippen molar-refractivity contribution in [2.75, 3.05) is 0 Å². The summed E-state index contributed by atoms with van der Waals surface area (Å²) in [6.07, 6.45) is -4.01. The van der Waals surface area contributed by atoms with Crippen molar-refractivity contribution in [3.63, 3.8) is 0 Å². The minimum Gasteiger partial charge on any atom is -0.342 e. The van der Waals surface area contributed by atoms with Crippen LogP contribution in [-0.2, 0) is 16.6 Å². The van der Waals surface area contributed by atoms with Crippen molar-refractivity contribution in [1.82, 2.24) is 13.3 Å². The molecule has 11 heteroatoms. The molecule has 2 aliphatic rings. The standard InChI is InChI=1S/C28H18F2N4O2S3/c1-34-18-10-20(38-27(18)28-24(34)12-4-2-3-5-19(12)37-28)11-6-7-17(22-21(11)32-39-33-22)31-23-25(35)13-8-15(29)16(30)9-14(13)26(23)36/h2-7,10,13-16H,8-9H2,1H3. The molecule has 6 aromatic rings. The molecule has 4 heterocycles. The fourth-order valence-corrected chi connectivity index (χ4v) is 9.26. The largest absolute Gasteiger partial charge is 0.342 e. The molecule has 0 saturated heterocycles. The molecule has 0 aliphatic heterocycles. The summed E-state index contributed by atoms with van der Waals surface area (Å²) in [6, 6.07) is 14.2. The Hall–Kier alpha value is -3.41. The number of aryl methyl sites for hydroxylation is 1. The van der Waals surface area contributed by atoms with E-state index >= 15 is 0 Å². The zero-order valence-electron chi connectivity index (χ0n) is 20.4. The highest BCUT2D eigenvalue weighted by Gasteiger charge is 2.52. The molecular formula is C28H18F2N4O2S3. The fraction of sp³-hybridized carbons (Fsp3) is 0.250. The van der Waals surface area contributed by atoms with Gasteiger partial charge in [-0.1, -0.05) is 18.2 Å². The molecule has 2 aromatic carbocycles. The number of rotatable bonds is 2. The first-order chi connectivity index (χ1) is 18.9. The van der Waals surface area contributed by atoms with Gasteiger partial charge in [-0.2, -0.15) is 8.75 Å². The van der Waals surface area contributed by atoms with Crippen molar-refractivity contribution in [1.29, 1.82) is 0 Å². The molecule has 4 unspecified atom stereocenters. The molecule has 2 saturated carbocycles. The third-order valence-electron chi connectivity index (χ3n) is 8.05. The molecule has 6 nitrogen and oxygen atoms in total. The lowest BCUT2D eigenvalue weighted by Crippen LogP contribution is -2.35. The predicted molar refractivity (Wildman–Crippen MR) is 153 cm³/mol. The van der Waals surface area contributed by atoms with Gasteiger partial charge >= 0.3 is 0 Å². The van der Waals surface area contributed by atoms with Gasteiger partial charge in [0.1, 0.15) is 23.4 Å². The normalized spacial score (nSPS) is 23.6. The lowest BCUT2D eigenvalue weighted by atomic mass is 9.79. The first-order valence-corrected chi connectivity index (χ1v) is 14.9. The van der Waals surface area contributed by atoms with E-state index in [0.29, 0.717) is 16.7 Å². The molecule has 0 spiro atoms. The second-order valence-corrected chi connectivity index (χ2v) is 12.8. The van der Waals surface area contributed by atoms with E-state index in [-0.39, 0.29) is 18.6 Å². The van der Waals surface area contributed by atoms with Gasteiger partial charge in [0.15, 0.2) is 17.3 Å². The van der Waals surface area contributed by atoms with Crippen LogP contribution in [0.25, 0.3) is 52.0 Å². The molecule has 0 radical (unpaired) electrons. The molecule has 4 atom stereocenters. The Bertz CT molecular complexity index is 2020. The zero-order chi connectivity index (χ0) is 26.6. The number of ketones is 2. The molecule has 0 amide bonds. The van der Waals surface area contributed by atoms with Crippen LogP contribution in [0.2, 0.25) is 0 Å². The Morgan fingerprint density at radius 3 is 2.41 bits per heavy atom. The quantitative estimate of drug-likeness (QED) is 0.218. The van der Waals surface area contributed by atoms with Crippen molar-refractivity contribution in [3.05, 3.63) is 42.5 Å². The smallest absolute Gasteiger partial charge is 0.188 e. The highest BCUT2D eigenvalue weighted by atomic mass is 32.1. The summed E-state index contributed by atoms with van der Waals surface area (Å²) < 4.78 is 42.9. The van der Waals surface area contributed by atoms with E-state index in [2.05, 4.69) is 55.7 Å². The van der Waals surface area contributed by atoms with Gasteiger partial charge in [-0.25, -0.2) is 13.8 Å². The van der Waals surface area contributed by atoms with Crippen molar-refractivity contribution >= 4 is 98.9 Å². The highest BCUT2D eigenvalue weighted by molar-refractivity contribution is 7.32. The number of carbonyl (C=O) groups excluding carboxylic acids is 2. The summed E-state index contributed by atoms with van der Waals surface area (Å²) in [4.78, 5) is 31.4. The SMILES string of the molecule is Cn1c2cc(-c3ccc(N=C4C(=O)C5CC(F)C(F)CC5C4=O)c4nsnc34)sc2c2sc3ccccc3c21. The summed E-state index contributed by atoms with van der Waals surface area (Å²) in [7, 11) is 2.09. The number of hydrogen-bond acceptors (Lipinski definition) is 8. The number of benzene rings is 2. The van der Waals surface area contributed by atoms with Crippen LogP contribution in [-0.4, -0.2) is 42.9 Å². The molecule has 194 valence electrons.